The molecule has 0 bridgehead atoms. The Morgan fingerprint density at radius 2 is 1.77 bits per heavy atom. The van der Waals surface area contributed by atoms with Crippen molar-refractivity contribution in [1.82, 2.24) is 20.3 Å². The number of aryl methyl sites for hydroxylation is 3. The summed E-state index contributed by atoms with van der Waals surface area (Å²) in [5.41, 5.74) is 7.15. The highest BCUT2D eigenvalue weighted by atomic mass is 16.1. The molecule has 0 unspecified atom stereocenters. The van der Waals surface area contributed by atoms with Gasteiger partial charge in [0.2, 0.25) is 0 Å². The minimum absolute atomic E-state index is 0.164. The largest absolute Gasteiger partial charge is 0.369 e. The lowest BCUT2D eigenvalue weighted by molar-refractivity contribution is 0.0950. The molecule has 1 amide bonds. The summed E-state index contributed by atoms with van der Waals surface area (Å²) >= 11 is 0. The van der Waals surface area contributed by atoms with Crippen LogP contribution in [0.25, 0.3) is 11.3 Å². The maximum absolute atomic E-state index is 13.6. The highest BCUT2D eigenvalue weighted by Crippen LogP contribution is 2.37. The summed E-state index contributed by atoms with van der Waals surface area (Å²) in [4.78, 5) is 40.6. The van der Waals surface area contributed by atoms with Crippen LogP contribution in [-0.4, -0.2) is 33.4 Å². The molecule has 1 fully saturated rings. The zero-order valence-corrected chi connectivity index (χ0v) is 24.5. The highest BCUT2D eigenvalue weighted by Gasteiger charge is 2.29. The lowest BCUT2D eigenvalue weighted by atomic mass is 9.79. The number of aromatic amines is 1. The van der Waals surface area contributed by atoms with Gasteiger partial charge in [-0.15, -0.1) is 0 Å². The maximum Gasteiger partial charge on any atom is 0.253 e. The topological polar surface area (TPSA) is 91.0 Å². The molecule has 1 aliphatic rings. The molecule has 2 N–H and O–H groups in total. The second-order valence-corrected chi connectivity index (χ2v) is 11.4. The fourth-order valence-corrected chi connectivity index (χ4v) is 5.99. The number of rotatable bonds is 8. The van der Waals surface area contributed by atoms with E-state index < -0.39 is 0 Å². The summed E-state index contributed by atoms with van der Waals surface area (Å²) < 4.78 is 0. The van der Waals surface area contributed by atoms with Crippen LogP contribution in [0.5, 0.6) is 0 Å². The van der Waals surface area contributed by atoms with E-state index in [0.29, 0.717) is 23.1 Å². The van der Waals surface area contributed by atoms with Gasteiger partial charge in [0.25, 0.3) is 11.5 Å². The van der Waals surface area contributed by atoms with E-state index in [1.54, 1.807) is 12.4 Å². The van der Waals surface area contributed by atoms with E-state index in [1.807, 2.05) is 39.8 Å². The standard InChI is InChI=1S/C32H43N5O2/c1-8-37(26-11-9-24(10-12-26)19(2)3)30-15-25(29-18-33-22(6)16-34-29)14-27(23(30)7)31(38)35-17-28-20(4)13-21(5)36-32(28)39/h13-16,18-19,24,26H,8-12,17H2,1-7H3,(H,35,38)(H,36,39). The Bertz CT molecular complexity index is 1370. The van der Waals surface area contributed by atoms with Crippen LogP contribution in [0.4, 0.5) is 5.69 Å². The summed E-state index contributed by atoms with van der Waals surface area (Å²) in [6.45, 7) is 15.6. The summed E-state index contributed by atoms with van der Waals surface area (Å²) in [7, 11) is 0. The van der Waals surface area contributed by atoms with Crippen LogP contribution in [0.15, 0.2) is 35.4 Å². The monoisotopic (exact) mass is 529 g/mol. The van der Waals surface area contributed by atoms with E-state index in [-0.39, 0.29) is 18.0 Å². The van der Waals surface area contributed by atoms with Crippen molar-refractivity contribution in [2.45, 2.75) is 86.7 Å². The van der Waals surface area contributed by atoms with Crippen LogP contribution in [0.2, 0.25) is 0 Å². The first-order chi connectivity index (χ1) is 18.6. The zero-order valence-electron chi connectivity index (χ0n) is 24.5. The van der Waals surface area contributed by atoms with E-state index in [0.717, 1.165) is 64.8 Å². The van der Waals surface area contributed by atoms with E-state index in [1.165, 1.54) is 12.8 Å². The van der Waals surface area contributed by atoms with Crippen molar-refractivity contribution < 1.29 is 4.79 Å². The second kappa shape index (κ2) is 12.1. The molecule has 1 saturated carbocycles. The molecule has 0 aliphatic heterocycles. The van der Waals surface area contributed by atoms with Crippen molar-refractivity contribution in [2.75, 3.05) is 11.4 Å². The molecule has 1 aliphatic carbocycles. The molecule has 4 rings (SSSR count). The van der Waals surface area contributed by atoms with Crippen molar-refractivity contribution in [3.05, 3.63) is 74.6 Å². The lowest BCUT2D eigenvalue weighted by Crippen LogP contribution is -2.39. The third-order valence-corrected chi connectivity index (χ3v) is 8.40. The number of carbonyl (C=O) groups is 1. The Kier molecular flexibility index (Phi) is 8.88. The van der Waals surface area contributed by atoms with Crippen molar-refractivity contribution in [3.63, 3.8) is 0 Å². The molecular formula is C32H43N5O2. The fourth-order valence-electron chi connectivity index (χ4n) is 5.99. The molecule has 0 radical (unpaired) electrons. The number of H-pyrrole nitrogens is 1. The number of anilines is 1. The Labute approximate surface area is 232 Å². The second-order valence-electron chi connectivity index (χ2n) is 11.4. The first kappa shape index (κ1) is 28.5. The number of aromatic nitrogens is 3. The van der Waals surface area contributed by atoms with Gasteiger partial charge in [0.15, 0.2) is 0 Å². The third kappa shape index (κ3) is 6.40. The molecule has 0 spiro atoms. The fraction of sp³-hybridized carbons (Fsp3) is 0.500. The van der Waals surface area contributed by atoms with Crippen LogP contribution in [0, 0.1) is 39.5 Å². The Morgan fingerprint density at radius 3 is 2.36 bits per heavy atom. The molecule has 2 aromatic heterocycles. The Hall–Kier alpha value is -3.48. The van der Waals surface area contributed by atoms with E-state index in [4.69, 9.17) is 0 Å². The van der Waals surface area contributed by atoms with E-state index in [9.17, 15) is 9.59 Å². The minimum Gasteiger partial charge on any atom is -0.369 e. The average Bonchev–Trinajstić information content (AvgIpc) is 2.90. The Balaban J connectivity index is 1.70. The lowest BCUT2D eigenvalue weighted by Gasteiger charge is -2.40. The van der Waals surface area contributed by atoms with Crippen molar-refractivity contribution in [3.8, 4) is 11.3 Å². The third-order valence-electron chi connectivity index (χ3n) is 8.40. The molecule has 0 saturated heterocycles. The number of carbonyl (C=O) groups excluding carboxylic acids is 1. The number of hydrogen-bond acceptors (Lipinski definition) is 5. The Morgan fingerprint density at radius 1 is 1.05 bits per heavy atom. The SMILES string of the molecule is CCN(c1cc(-c2cnc(C)cn2)cc(C(=O)NCc2c(C)cc(C)[nH]c2=O)c1C)C1CCC(C(C)C)CC1. The summed E-state index contributed by atoms with van der Waals surface area (Å²) in [6.07, 6.45) is 8.30. The normalized spacial score (nSPS) is 17.3. The van der Waals surface area contributed by atoms with Gasteiger partial charge in [-0.05, 0) is 101 Å². The number of pyridine rings is 1. The summed E-state index contributed by atoms with van der Waals surface area (Å²) in [5, 5.41) is 3.01. The number of nitrogens with zero attached hydrogens (tertiary/aromatic N) is 3. The number of nitrogens with one attached hydrogen (secondary N) is 2. The van der Waals surface area contributed by atoms with Crippen LogP contribution in [0.3, 0.4) is 0 Å². The molecular weight excluding hydrogens is 486 g/mol. The van der Waals surface area contributed by atoms with Gasteiger partial charge >= 0.3 is 0 Å². The van der Waals surface area contributed by atoms with Gasteiger partial charge < -0.3 is 15.2 Å². The molecule has 1 aromatic carbocycles. The number of benzene rings is 1. The van der Waals surface area contributed by atoms with E-state index >= 15 is 0 Å². The van der Waals surface area contributed by atoms with Crippen molar-refractivity contribution in [2.24, 2.45) is 11.8 Å². The average molecular weight is 530 g/mol. The summed E-state index contributed by atoms with van der Waals surface area (Å²) in [6, 6.07) is 6.44. The quantitative estimate of drug-likeness (QED) is 0.371. The molecule has 7 heteroatoms. The van der Waals surface area contributed by atoms with Gasteiger partial charge in [-0.2, -0.15) is 0 Å². The first-order valence-corrected chi connectivity index (χ1v) is 14.3. The molecule has 208 valence electrons. The minimum atomic E-state index is -0.199. The molecule has 39 heavy (non-hydrogen) atoms. The van der Waals surface area contributed by atoms with Crippen LogP contribution in [-0.2, 0) is 6.54 Å². The predicted molar refractivity (Wildman–Crippen MR) is 158 cm³/mol. The molecule has 3 aromatic rings. The van der Waals surface area contributed by atoms with Gasteiger partial charge in [-0.1, -0.05) is 13.8 Å². The molecule has 0 atom stereocenters. The van der Waals surface area contributed by atoms with E-state index in [2.05, 4.69) is 52.0 Å². The van der Waals surface area contributed by atoms with Gasteiger partial charge in [-0.3, -0.25) is 19.6 Å². The predicted octanol–water partition coefficient (Wildman–Crippen LogP) is 6.04. The van der Waals surface area contributed by atoms with Gasteiger partial charge in [-0.25, -0.2) is 0 Å². The maximum atomic E-state index is 13.6. The van der Waals surface area contributed by atoms with Gasteiger partial charge in [0, 0.05) is 53.4 Å². The van der Waals surface area contributed by atoms with Crippen LogP contribution < -0.4 is 15.8 Å². The zero-order chi connectivity index (χ0) is 28.3. The molecule has 7 nitrogen and oxygen atoms in total. The van der Waals surface area contributed by atoms with Gasteiger partial charge in [0.05, 0.1) is 17.6 Å². The van der Waals surface area contributed by atoms with Gasteiger partial charge in [0.1, 0.15) is 0 Å². The van der Waals surface area contributed by atoms with Crippen molar-refractivity contribution in [1.29, 1.82) is 0 Å². The number of amides is 1. The highest BCUT2D eigenvalue weighted by molar-refractivity contribution is 5.98. The van der Waals surface area contributed by atoms with Crippen LogP contribution >= 0.6 is 0 Å². The molecule has 2 heterocycles. The van der Waals surface area contributed by atoms with Crippen molar-refractivity contribution >= 4 is 11.6 Å². The first-order valence-electron chi connectivity index (χ1n) is 14.3. The van der Waals surface area contributed by atoms with Crippen LogP contribution in [0.1, 0.15) is 84.9 Å². The smallest absolute Gasteiger partial charge is 0.253 e. The number of hydrogen-bond donors (Lipinski definition) is 2. The summed E-state index contributed by atoms with van der Waals surface area (Å²) in [5.74, 6) is 1.30.